The molecule has 2 N–H and O–H groups in total. The third-order valence-electron chi connectivity index (χ3n) is 4.72. The number of ether oxygens (including phenoxy) is 1. The largest absolute Gasteiger partial charge is 0.477 e. The zero-order valence-corrected chi connectivity index (χ0v) is 17.5. The first-order valence-corrected chi connectivity index (χ1v) is 10.4. The first-order valence-electron chi connectivity index (χ1n) is 9.31. The number of para-hydroxylation sites is 1. The molecule has 146 valence electrons. The number of aliphatic carboxylic acids is 1. The Kier molecular flexibility index (Phi) is 7.08. The Bertz CT molecular complexity index is 870. The normalized spacial score (nSPS) is 15.1. The van der Waals surface area contributed by atoms with Crippen LogP contribution in [0.2, 0.25) is 0 Å². The highest BCUT2D eigenvalue weighted by molar-refractivity contribution is 14.1. The van der Waals surface area contributed by atoms with Gasteiger partial charge in [0.05, 0.1) is 3.57 Å². The molecule has 2 aromatic rings. The summed E-state index contributed by atoms with van der Waals surface area (Å²) in [5.74, 6) is -0.0300. The fourth-order valence-electron chi connectivity index (χ4n) is 3.20. The van der Waals surface area contributed by atoms with Gasteiger partial charge in [-0.05, 0) is 71.3 Å². The minimum Gasteiger partial charge on any atom is -0.477 e. The molecule has 0 aliphatic heterocycles. The minimum atomic E-state index is -1.15. The number of carbonyl (C=O) groups excluding carboxylic acids is 1. The molecule has 1 amide bonds. The number of amides is 1. The number of hydrogen-bond acceptors (Lipinski definition) is 3. The predicted octanol–water partition coefficient (Wildman–Crippen LogP) is 5.21. The van der Waals surface area contributed by atoms with E-state index in [1.165, 1.54) is 6.08 Å². The molecule has 1 aliphatic rings. The Labute approximate surface area is 177 Å². The number of carboxylic acid groups (broad SMARTS) is 1. The SMILES string of the molecule is O=C(O)/C(=C/c1ccc(Oc2ccccc2I)cc1)NC(=O)C1CCCCC1. The molecule has 1 aliphatic carbocycles. The number of carbonyl (C=O) groups is 2. The van der Waals surface area contributed by atoms with Crippen molar-refractivity contribution in [3.05, 3.63) is 63.4 Å². The maximum absolute atomic E-state index is 12.4. The highest BCUT2D eigenvalue weighted by Gasteiger charge is 2.23. The van der Waals surface area contributed by atoms with Gasteiger partial charge in [-0.25, -0.2) is 4.79 Å². The lowest BCUT2D eigenvalue weighted by atomic mass is 9.88. The van der Waals surface area contributed by atoms with Crippen LogP contribution in [0.3, 0.4) is 0 Å². The van der Waals surface area contributed by atoms with E-state index in [1.807, 2.05) is 24.3 Å². The van der Waals surface area contributed by atoms with E-state index in [9.17, 15) is 14.7 Å². The average Bonchev–Trinajstić information content (AvgIpc) is 2.71. The van der Waals surface area contributed by atoms with E-state index in [1.54, 1.807) is 24.3 Å². The van der Waals surface area contributed by atoms with E-state index < -0.39 is 5.97 Å². The molecule has 1 saturated carbocycles. The first-order chi connectivity index (χ1) is 13.5. The zero-order valence-electron chi connectivity index (χ0n) is 15.4. The summed E-state index contributed by atoms with van der Waals surface area (Å²) in [6, 6.07) is 14.8. The van der Waals surface area contributed by atoms with Crippen LogP contribution in [0, 0.1) is 9.49 Å². The van der Waals surface area contributed by atoms with Crippen molar-refractivity contribution in [3.63, 3.8) is 0 Å². The lowest BCUT2D eigenvalue weighted by molar-refractivity contribution is -0.135. The van der Waals surface area contributed by atoms with Crippen LogP contribution in [0.15, 0.2) is 54.2 Å². The lowest BCUT2D eigenvalue weighted by Crippen LogP contribution is -2.33. The van der Waals surface area contributed by atoms with E-state index >= 15 is 0 Å². The fourth-order valence-corrected chi connectivity index (χ4v) is 3.70. The van der Waals surface area contributed by atoms with Crippen LogP contribution in [0.5, 0.6) is 11.5 Å². The standard InChI is InChI=1S/C22H22INO4/c23-18-8-4-5-9-20(18)28-17-12-10-15(11-13-17)14-19(22(26)27)24-21(25)16-6-2-1-3-7-16/h4-5,8-14,16H,1-3,6-7H2,(H,24,25)(H,26,27)/b19-14-. The van der Waals surface area contributed by atoms with Crippen LogP contribution >= 0.6 is 22.6 Å². The summed E-state index contributed by atoms with van der Waals surface area (Å²) in [6.45, 7) is 0. The molecular formula is C22H22INO4. The fraction of sp³-hybridized carbons (Fsp3) is 0.273. The number of benzene rings is 2. The Morgan fingerprint density at radius 2 is 1.71 bits per heavy atom. The summed E-state index contributed by atoms with van der Waals surface area (Å²) in [6.07, 6.45) is 6.30. The quantitative estimate of drug-likeness (QED) is 0.430. The highest BCUT2D eigenvalue weighted by atomic mass is 127. The summed E-state index contributed by atoms with van der Waals surface area (Å²) in [5.41, 5.74) is 0.568. The molecule has 28 heavy (non-hydrogen) atoms. The molecule has 0 aromatic heterocycles. The Morgan fingerprint density at radius 3 is 2.36 bits per heavy atom. The Hall–Kier alpha value is -2.35. The van der Waals surface area contributed by atoms with Gasteiger partial charge in [0.25, 0.3) is 0 Å². The summed E-state index contributed by atoms with van der Waals surface area (Å²) in [5, 5.41) is 12.0. The van der Waals surface area contributed by atoms with Gasteiger partial charge in [0, 0.05) is 5.92 Å². The lowest BCUT2D eigenvalue weighted by Gasteiger charge is -2.20. The summed E-state index contributed by atoms with van der Waals surface area (Å²) >= 11 is 2.21. The van der Waals surface area contributed by atoms with Gasteiger partial charge in [-0.15, -0.1) is 0 Å². The van der Waals surface area contributed by atoms with Gasteiger partial charge in [-0.3, -0.25) is 4.79 Å². The average molecular weight is 491 g/mol. The van der Waals surface area contributed by atoms with E-state index in [2.05, 4.69) is 27.9 Å². The van der Waals surface area contributed by atoms with Gasteiger partial charge < -0.3 is 15.2 Å². The van der Waals surface area contributed by atoms with E-state index in [-0.39, 0.29) is 17.5 Å². The van der Waals surface area contributed by atoms with Crippen molar-refractivity contribution in [2.45, 2.75) is 32.1 Å². The van der Waals surface area contributed by atoms with Gasteiger partial charge in [0.1, 0.15) is 17.2 Å². The Balaban J connectivity index is 1.69. The second-order valence-electron chi connectivity index (χ2n) is 6.79. The number of halogens is 1. The molecule has 0 unspecified atom stereocenters. The van der Waals surface area contributed by atoms with Crippen molar-refractivity contribution in [3.8, 4) is 11.5 Å². The van der Waals surface area contributed by atoms with Crippen LogP contribution in [-0.4, -0.2) is 17.0 Å². The van der Waals surface area contributed by atoms with Crippen molar-refractivity contribution in [2.75, 3.05) is 0 Å². The molecule has 6 heteroatoms. The molecule has 2 aromatic carbocycles. The second kappa shape index (κ2) is 9.73. The molecule has 3 rings (SSSR count). The van der Waals surface area contributed by atoms with Crippen LogP contribution in [0.25, 0.3) is 6.08 Å². The second-order valence-corrected chi connectivity index (χ2v) is 7.95. The maximum Gasteiger partial charge on any atom is 0.352 e. The molecule has 0 saturated heterocycles. The molecule has 5 nitrogen and oxygen atoms in total. The number of hydrogen-bond donors (Lipinski definition) is 2. The van der Waals surface area contributed by atoms with Crippen LogP contribution in [0.4, 0.5) is 0 Å². The van der Waals surface area contributed by atoms with E-state index in [0.717, 1.165) is 41.4 Å². The van der Waals surface area contributed by atoms with Crippen LogP contribution in [0.1, 0.15) is 37.7 Å². The molecule has 0 bridgehead atoms. The molecule has 1 fully saturated rings. The monoisotopic (exact) mass is 491 g/mol. The van der Waals surface area contributed by atoms with Gasteiger partial charge in [-0.2, -0.15) is 0 Å². The zero-order chi connectivity index (χ0) is 19.9. The third kappa shape index (κ3) is 5.58. The highest BCUT2D eigenvalue weighted by Crippen LogP contribution is 2.27. The first kappa shape index (κ1) is 20.4. The van der Waals surface area contributed by atoms with Crippen LogP contribution < -0.4 is 10.1 Å². The van der Waals surface area contributed by atoms with Gasteiger partial charge in [0.2, 0.25) is 5.91 Å². The molecule has 0 atom stereocenters. The molecule has 0 spiro atoms. The smallest absolute Gasteiger partial charge is 0.352 e. The van der Waals surface area contributed by atoms with Crippen molar-refractivity contribution in [1.29, 1.82) is 0 Å². The Morgan fingerprint density at radius 1 is 1.04 bits per heavy atom. The van der Waals surface area contributed by atoms with Crippen molar-refractivity contribution >= 4 is 40.5 Å². The number of nitrogens with one attached hydrogen (secondary N) is 1. The number of rotatable bonds is 6. The van der Waals surface area contributed by atoms with Gasteiger partial charge in [0.15, 0.2) is 0 Å². The predicted molar refractivity (Wildman–Crippen MR) is 116 cm³/mol. The van der Waals surface area contributed by atoms with Crippen molar-refractivity contribution in [2.24, 2.45) is 5.92 Å². The molecule has 0 radical (unpaired) electrons. The van der Waals surface area contributed by atoms with E-state index in [0.29, 0.717) is 11.3 Å². The number of carboxylic acids is 1. The minimum absolute atomic E-state index is 0.0966. The maximum atomic E-state index is 12.4. The molecular weight excluding hydrogens is 469 g/mol. The van der Waals surface area contributed by atoms with E-state index in [4.69, 9.17) is 4.74 Å². The topological polar surface area (TPSA) is 75.6 Å². The van der Waals surface area contributed by atoms with Crippen LogP contribution in [-0.2, 0) is 9.59 Å². The summed E-state index contributed by atoms with van der Waals surface area (Å²) < 4.78 is 6.85. The summed E-state index contributed by atoms with van der Waals surface area (Å²) in [4.78, 5) is 23.9. The van der Waals surface area contributed by atoms with Crippen molar-refractivity contribution < 1.29 is 19.4 Å². The van der Waals surface area contributed by atoms with Gasteiger partial charge >= 0.3 is 5.97 Å². The third-order valence-corrected chi connectivity index (χ3v) is 5.61. The van der Waals surface area contributed by atoms with Gasteiger partial charge in [-0.1, -0.05) is 43.5 Å². The summed E-state index contributed by atoms with van der Waals surface area (Å²) in [7, 11) is 0. The van der Waals surface area contributed by atoms with Crippen molar-refractivity contribution in [1.82, 2.24) is 5.32 Å². The molecule has 0 heterocycles.